The van der Waals surface area contributed by atoms with E-state index in [-0.39, 0.29) is 12.1 Å². The number of amides is 1. The van der Waals surface area contributed by atoms with Gasteiger partial charge in [0.2, 0.25) is 0 Å². The van der Waals surface area contributed by atoms with E-state index in [0.717, 1.165) is 5.56 Å². The fourth-order valence-corrected chi connectivity index (χ4v) is 2.03. The number of ether oxygens (including phenoxy) is 2. The van der Waals surface area contributed by atoms with Crippen molar-refractivity contribution in [2.24, 2.45) is 0 Å². The van der Waals surface area contributed by atoms with Crippen LogP contribution in [0.1, 0.15) is 18.7 Å². The third-order valence-electron chi connectivity index (χ3n) is 2.91. The van der Waals surface area contributed by atoms with Gasteiger partial charge in [-0.25, -0.2) is 0 Å². The van der Waals surface area contributed by atoms with Crippen molar-refractivity contribution < 1.29 is 14.3 Å². The van der Waals surface area contributed by atoms with Crippen LogP contribution in [0.5, 0.6) is 5.75 Å². The molecule has 1 N–H and O–H groups in total. The molecule has 2 atom stereocenters. The Bertz CT molecular complexity index is 460. The average Bonchev–Trinajstić information content (AvgIpc) is 2.31. The van der Waals surface area contributed by atoms with Crippen molar-refractivity contribution in [3.05, 3.63) is 23.8 Å². The smallest absolute Gasteiger partial charge is 0.265 e. The van der Waals surface area contributed by atoms with Crippen LogP contribution in [0.2, 0.25) is 0 Å². The van der Waals surface area contributed by atoms with Crippen LogP contribution in [-0.4, -0.2) is 38.1 Å². The Labute approximate surface area is 107 Å². The highest BCUT2D eigenvalue weighted by molar-refractivity contribution is 5.97. The van der Waals surface area contributed by atoms with E-state index in [9.17, 15) is 4.79 Å². The van der Waals surface area contributed by atoms with E-state index in [0.29, 0.717) is 11.4 Å². The van der Waals surface area contributed by atoms with E-state index >= 15 is 0 Å². The maximum atomic E-state index is 11.6. The van der Waals surface area contributed by atoms with Crippen molar-refractivity contribution in [3.8, 4) is 5.75 Å². The summed E-state index contributed by atoms with van der Waals surface area (Å²) < 4.78 is 10.9. The van der Waals surface area contributed by atoms with Crippen molar-refractivity contribution in [2.45, 2.75) is 19.3 Å². The number of nitrogens with one attached hydrogen (secondary N) is 1. The van der Waals surface area contributed by atoms with Crippen molar-refractivity contribution >= 4 is 11.6 Å². The van der Waals surface area contributed by atoms with Gasteiger partial charge >= 0.3 is 0 Å². The van der Waals surface area contributed by atoms with Crippen molar-refractivity contribution in [1.82, 2.24) is 4.90 Å². The summed E-state index contributed by atoms with van der Waals surface area (Å²) in [6.45, 7) is 1.73. The predicted molar refractivity (Wildman–Crippen MR) is 68.6 cm³/mol. The highest BCUT2D eigenvalue weighted by atomic mass is 16.5. The molecule has 1 aromatic carbocycles. The lowest BCUT2D eigenvalue weighted by molar-refractivity contribution is -0.122. The van der Waals surface area contributed by atoms with E-state index in [1.54, 1.807) is 14.0 Å². The van der Waals surface area contributed by atoms with Crippen LogP contribution in [-0.2, 0) is 9.53 Å². The first kappa shape index (κ1) is 12.9. The van der Waals surface area contributed by atoms with Gasteiger partial charge in [-0.05, 0) is 38.7 Å². The number of carbonyl (C=O) groups is 1. The van der Waals surface area contributed by atoms with Crippen molar-refractivity contribution in [2.75, 3.05) is 26.5 Å². The van der Waals surface area contributed by atoms with E-state index in [1.807, 2.05) is 37.2 Å². The van der Waals surface area contributed by atoms with Gasteiger partial charge in [0.1, 0.15) is 12.0 Å². The topological polar surface area (TPSA) is 50.8 Å². The molecule has 0 saturated carbocycles. The van der Waals surface area contributed by atoms with Crippen LogP contribution in [0.25, 0.3) is 0 Å². The van der Waals surface area contributed by atoms with Crippen molar-refractivity contribution in [3.63, 3.8) is 0 Å². The molecule has 1 amide bonds. The van der Waals surface area contributed by atoms with E-state index in [4.69, 9.17) is 9.47 Å². The number of methoxy groups -OCH3 is 1. The second-order valence-corrected chi connectivity index (χ2v) is 4.56. The lowest BCUT2D eigenvalue weighted by Crippen LogP contribution is -2.34. The van der Waals surface area contributed by atoms with E-state index < -0.39 is 6.10 Å². The fourth-order valence-electron chi connectivity index (χ4n) is 2.03. The molecule has 2 unspecified atom stereocenters. The molecule has 0 fully saturated rings. The Kier molecular flexibility index (Phi) is 3.54. The average molecular weight is 250 g/mol. The highest BCUT2D eigenvalue weighted by Crippen LogP contribution is 2.33. The normalized spacial score (nSPS) is 20.1. The number of hydrogen-bond acceptors (Lipinski definition) is 4. The van der Waals surface area contributed by atoms with Gasteiger partial charge < -0.3 is 14.8 Å². The Balaban J connectivity index is 2.32. The quantitative estimate of drug-likeness (QED) is 0.828. The number of benzene rings is 1. The van der Waals surface area contributed by atoms with E-state index in [1.165, 1.54) is 0 Å². The molecule has 0 radical (unpaired) electrons. The van der Waals surface area contributed by atoms with Gasteiger partial charge in [0.25, 0.3) is 5.91 Å². The van der Waals surface area contributed by atoms with E-state index in [2.05, 4.69) is 5.32 Å². The maximum Gasteiger partial charge on any atom is 0.265 e. The molecule has 0 bridgehead atoms. The summed E-state index contributed by atoms with van der Waals surface area (Å²) in [5.74, 6) is 0.568. The molecular formula is C13H18N2O3. The van der Waals surface area contributed by atoms with Crippen molar-refractivity contribution in [1.29, 1.82) is 0 Å². The highest BCUT2D eigenvalue weighted by Gasteiger charge is 2.24. The van der Waals surface area contributed by atoms with Gasteiger partial charge in [0, 0.05) is 7.11 Å². The molecule has 1 heterocycles. The van der Waals surface area contributed by atoms with Crippen LogP contribution >= 0.6 is 0 Å². The molecule has 98 valence electrons. The molecule has 1 aliphatic heterocycles. The molecule has 5 heteroatoms. The SMILES string of the molecule is COC(c1ccc2c(c1)NC(=O)C(C)O2)N(C)C. The summed E-state index contributed by atoms with van der Waals surface area (Å²) in [7, 11) is 5.52. The summed E-state index contributed by atoms with van der Waals surface area (Å²) in [6.07, 6.45) is -0.595. The monoisotopic (exact) mass is 250 g/mol. The van der Waals surface area contributed by atoms with Crippen LogP contribution in [0, 0.1) is 0 Å². The number of rotatable bonds is 3. The first-order valence-electron chi connectivity index (χ1n) is 5.83. The second-order valence-electron chi connectivity index (χ2n) is 4.56. The van der Waals surface area contributed by atoms with Gasteiger partial charge in [-0.15, -0.1) is 0 Å². The number of fused-ring (bicyclic) bond motifs is 1. The fraction of sp³-hybridized carbons (Fsp3) is 0.462. The van der Waals surface area contributed by atoms with Gasteiger partial charge in [-0.3, -0.25) is 9.69 Å². The minimum Gasteiger partial charge on any atom is -0.479 e. The van der Waals surface area contributed by atoms with Crippen LogP contribution in [0.3, 0.4) is 0 Å². The van der Waals surface area contributed by atoms with Crippen LogP contribution in [0.15, 0.2) is 18.2 Å². The Morgan fingerprint density at radius 1 is 1.44 bits per heavy atom. The summed E-state index contributed by atoms with van der Waals surface area (Å²) in [5, 5.41) is 2.83. The second kappa shape index (κ2) is 4.96. The van der Waals surface area contributed by atoms with Gasteiger partial charge in [-0.2, -0.15) is 0 Å². The molecule has 5 nitrogen and oxygen atoms in total. The zero-order valence-electron chi connectivity index (χ0n) is 11.1. The third-order valence-corrected chi connectivity index (χ3v) is 2.91. The molecule has 18 heavy (non-hydrogen) atoms. The summed E-state index contributed by atoms with van der Waals surface area (Å²) >= 11 is 0. The molecule has 0 spiro atoms. The molecule has 0 saturated heterocycles. The first-order valence-corrected chi connectivity index (χ1v) is 5.83. The van der Waals surface area contributed by atoms with Crippen LogP contribution in [0.4, 0.5) is 5.69 Å². The summed E-state index contributed by atoms with van der Waals surface area (Å²) in [6, 6.07) is 5.68. The number of hydrogen-bond donors (Lipinski definition) is 1. The largest absolute Gasteiger partial charge is 0.479 e. The number of carbonyl (C=O) groups excluding carboxylic acids is 1. The molecular weight excluding hydrogens is 232 g/mol. The zero-order chi connectivity index (χ0) is 13.3. The third kappa shape index (κ3) is 2.32. The molecule has 0 aromatic heterocycles. The summed E-state index contributed by atoms with van der Waals surface area (Å²) in [4.78, 5) is 13.5. The predicted octanol–water partition coefficient (Wildman–Crippen LogP) is 1.61. The standard InChI is InChI=1S/C13H18N2O3/c1-8-12(16)14-10-7-9(5-6-11(10)18-8)13(17-4)15(2)3/h5-8,13H,1-4H3,(H,14,16). The Morgan fingerprint density at radius 3 is 2.78 bits per heavy atom. The molecule has 1 aliphatic rings. The molecule has 0 aliphatic carbocycles. The van der Waals surface area contributed by atoms with Gasteiger partial charge in [0.05, 0.1) is 5.69 Å². The molecule has 1 aromatic rings. The van der Waals surface area contributed by atoms with Gasteiger partial charge in [0.15, 0.2) is 6.10 Å². The minimum atomic E-state index is -0.449. The first-order chi connectivity index (χ1) is 8.52. The molecule has 2 rings (SSSR count). The lowest BCUT2D eigenvalue weighted by Gasteiger charge is -2.27. The zero-order valence-corrected chi connectivity index (χ0v) is 11.1. The Hall–Kier alpha value is -1.59. The Morgan fingerprint density at radius 2 is 2.17 bits per heavy atom. The summed E-state index contributed by atoms with van der Waals surface area (Å²) in [5.41, 5.74) is 1.67. The number of anilines is 1. The lowest BCUT2D eigenvalue weighted by atomic mass is 10.1. The van der Waals surface area contributed by atoms with Gasteiger partial charge in [-0.1, -0.05) is 6.07 Å². The maximum absolute atomic E-state index is 11.6. The number of nitrogens with zero attached hydrogens (tertiary/aromatic N) is 1. The minimum absolute atomic E-state index is 0.126. The van der Waals surface area contributed by atoms with Crippen LogP contribution < -0.4 is 10.1 Å².